The van der Waals surface area contributed by atoms with Gasteiger partial charge in [-0.3, -0.25) is 10.3 Å². The Bertz CT molecular complexity index is 468. The Morgan fingerprint density at radius 1 is 1.24 bits per heavy atom. The lowest BCUT2D eigenvalue weighted by Crippen LogP contribution is -2.38. The number of likely N-dealkylation sites (tertiary alicyclic amines) is 1. The van der Waals surface area contributed by atoms with Gasteiger partial charge in [-0.2, -0.15) is 5.10 Å². The van der Waals surface area contributed by atoms with Gasteiger partial charge in [-0.25, -0.2) is 4.79 Å². The Hall–Kier alpha value is -1.88. The molecule has 1 aromatic carbocycles. The third kappa shape index (κ3) is 5.19. The minimum Gasteiger partial charge on any atom is -0.461 e. The van der Waals surface area contributed by atoms with E-state index in [4.69, 9.17) is 4.74 Å². The van der Waals surface area contributed by atoms with Crippen LogP contribution in [0, 0.1) is 0 Å². The fraction of sp³-hybridized carbons (Fsp3) is 0.500. The van der Waals surface area contributed by atoms with Gasteiger partial charge in [-0.15, -0.1) is 0 Å². The fourth-order valence-corrected chi connectivity index (χ4v) is 2.33. The lowest BCUT2D eigenvalue weighted by atomic mass is 10.1. The maximum atomic E-state index is 12.0. The molecule has 0 unspecified atom stereocenters. The van der Waals surface area contributed by atoms with E-state index in [-0.39, 0.29) is 5.97 Å². The molecule has 1 N–H and O–H groups in total. The van der Waals surface area contributed by atoms with Crippen LogP contribution in [0.15, 0.2) is 35.4 Å². The number of carbonyl (C=O) groups excluding carboxylic acids is 1. The number of hydrogen-bond acceptors (Lipinski definition) is 5. The van der Waals surface area contributed by atoms with Gasteiger partial charge < -0.3 is 4.74 Å². The number of hydrogen-bond donors (Lipinski definition) is 1. The number of benzene rings is 1. The molecule has 0 radical (unpaired) electrons. The first kappa shape index (κ1) is 15.5. The number of piperidine rings is 1. The summed E-state index contributed by atoms with van der Waals surface area (Å²) < 4.78 is 5.10. The lowest BCUT2D eigenvalue weighted by molar-refractivity contribution is -0.135. The summed E-state index contributed by atoms with van der Waals surface area (Å²) in [5.74, 6) is -0.341. The lowest BCUT2D eigenvalue weighted by Gasteiger charge is -2.26. The van der Waals surface area contributed by atoms with Crippen molar-refractivity contribution in [3.8, 4) is 0 Å². The minimum absolute atomic E-state index is 0.341. The number of hydrazone groups is 1. The maximum Gasteiger partial charge on any atom is 0.355 e. The van der Waals surface area contributed by atoms with Crippen molar-refractivity contribution >= 4 is 17.4 Å². The minimum atomic E-state index is -0.341. The zero-order chi connectivity index (χ0) is 14.9. The second-order valence-corrected chi connectivity index (χ2v) is 5.09. The number of rotatable bonds is 6. The number of para-hydroxylation sites is 1. The standard InChI is InChI=1S/C16H23N3O2/c1-2-21-16(20)15(13-19-11-7-4-8-12-19)18-17-14-9-5-3-6-10-14/h3,5-6,9-10,17H,2,4,7-8,11-13H2,1H3/b18-15-. The van der Waals surface area contributed by atoms with Gasteiger partial charge in [0.15, 0.2) is 5.71 Å². The molecule has 5 nitrogen and oxygen atoms in total. The topological polar surface area (TPSA) is 53.9 Å². The van der Waals surface area contributed by atoms with E-state index in [1.54, 1.807) is 6.92 Å². The van der Waals surface area contributed by atoms with E-state index in [0.717, 1.165) is 18.8 Å². The van der Waals surface area contributed by atoms with Crippen molar-refractivity contribution in [2.45, 2.75) is 26.2 Å². The molecule has 1 saturated heterocycles. The summed E-state index contributed by atoms with van der Waals surface area (Å²) in [4.78, 5) is 14.3. The highest BCUT2D eigenvalue weighted by Crippen LogP contribution is 2.09. The fourth-order valence-electron chi connectivity index (χ4n) is 2.33. The average molecular weight is 289 g/mol. The number of nitrogens with zero attached hydrogens (tertiary/aromatic N) is 2. The first-order valence-electron chi connectivity index (χ1n) is 7.56. The van der Waals surface area contributed by atoms with Gasteiger partial charge in [-0.05, 0) is 45.0 Å². The number of esters is 1. The smallest absolute Gasteiger partial charge is 0.355 e. The summed E-state index contributed by atoms with van der Waals surface area (Å²) in [7, 11) is 0. The molecule has 0 aliphatic carbocycles. The summed E-state index contributed by atoms with van der Waals surface area (Å²) in [6.45, 7) is 4.75. The molecule has 2 rings (SSSR count). The number of anilines is 1. The highest BCUT2D eigenvalue weighted by atomic mass is 16.5. The molecular formula is C16H23N3O2. The predicted octanol–water partition coefficient (Wildman–Crippen LogP) is 2.50. The van der Waals surface area contributed by atoms with E-state index >= 15 is 0 Å². The second kappa shape index (κ2) is 8.42. The molecule has 0 spiro atoms. The van der Waals surface area contributed by atoms with Crippen LogP contribution in [-0.4, -0.2) is 42.8 Å². The van der Waals surface area contributed by atoms with Gasteiger partial charge in [-0.1, -0.05) is 24.6 Å². The van der Waals surface area contributed by atoms with Crippen molar-refractivity contribution in [2.75, 3.05) is 31.7 Å². The molecule has 0 atom stereocenters. The molecule has 0 saturated carbocycles. The van der Waals surface area contributed by atoms with Crippen LogP contribution in [0.3, 0.4) is 0 Å². The van der Waals surface area contributed by atoms with Crippen LogP contribution in [0.25, 0.3) is 0 Å². The number of nitrogens with one attached hydrogen (secondary N) is 1. The SMILES string of the molecule is CCOC(=O)/C(CN1CCCCC1)=N\Nc1ccccc1. The molecule has 1 aromatic rings. The van der Waals surface area contributed by atoms with Crippen LogP contribution in [0.1, 0.15) is 26.2 Å². The summed E-state index contributed by atoms with van der Waals surface area (Å²) in [5.41, 5.74) is 4.23. The van der Waals surface area contributed by atoms with Crippen molar-refractivity contribution in [3.63, 3.8) is 0 Å². The van der Waals surface area contributed by atoms with E-state index in [9.17, 15) is 4.79 Å². The first-order chi connectivity index (χ1) is 10.3. The van der Waals surface area contributed by atoms with Crippen LogP contribution < -0.4 is 5.43 Å². The third-order valence-electron chi connectivity index (χ3n) is 3.43. The number of ether oxygens (including phenoxy) is 1. The van der Waals surface area contributed by atoms with Gasteiger partial charge in [0.1, 0.15) is 0 Å². The molecule has 1 fully saturated rings. The molecule has 1 heterocycles. The quantitative estimate of drug-likeness (QED) is 0.497. The monoisotopic (exact) mass is 289 g/mol. The van der Waals surface area contributed by atoms with Gasteiger partial charge in [0.2, 0.25) is 0 Å². The molecule has 5 heteroatoms. The summed E-state index contributed by atoms with van der Waals surface area (Å²) in [6, 6.07) is 9.61. The Kier molecular flexibility index (Phi) is 6.22. The van der Waals surface area contributed by atoms with Gasteiger partial charge in [0, 0.05) is 6.54 Å². The van der Waals surface area contributed by atoms with Gasteiger partial charge in [0.05, 0.1) is 12.3 Å². The maximum absolute atomic E-state index is 12.0. The average Bonchev–Trinajstić information content (AvgIpc) is 2.53. The second-order valence-electron chi connectivity index (χ2n) is 5.09. The molecule has 21 heavy (non-hydrogen) atoms. The molecule has 0 amide bonds. The van der Waals surface area contributed by atoms with Crippen LogP contribution in [0.2, 0.25) is 0 Å². The van der Waals surface area contributed by atoms with Gasteiger partial charge in [0.25, 0.3) is 0 Å². The zero-order valence-corrected chi connectivity index (χ0v) is 12.5. The third-order valence-corrected chi connectivity index (χ3v) is 3.43. The van der Waals surface area contributed by atoms with E-state index in [2.05, 4.69) is 15.4 Å². The van der Waals surface area contributed by atoms with Crippen molar-refractivity contribution in [2.24, 2.45) is 5.10 Å². The largest absolute Gasteiger partial charge is 0.461 e. The van der Waals surface area contributed by atoms with E-state index in [1.165, 1.54) is 19.3 Å². The van der Waals surface area contributed by atoms with Crippen LogP contribution in [-0.2, 0) is 9.53 Å². The summed E-state index contributed by atoms with van der Waals surface area (Å²) in [5, 5.41) is 4.26. The summed E-state index contributed by atoms with van der Waals surface area (Å²) in [6.07, 6.45) is 3.63. The van der Waals surface area contributed by atoms with Crippen molar-refractivity contribution in [1.29, 1.82) is 0 Å². The Balaban J connectivity index is 2.01. The Morgan fingerprint density at radius 2 is 1.95 bits per heavy atom. The molecule has 0 bridgehead atoms. The van der Waals surface area contributed by atoms with E-state index < -0.39 is 0 Å². The highest BCUT2D eigenvalue weighted by molar-refractivity contribution is 6.37. The summed E-state index contributed by atoms with van der Waals surface area (Å²) >= 11 is 0. The molecule has 114 valence electrons. The van der Waals surface area contributed by atoms with E-state index in [1.807, 2.05) is 30.3 Å². The van der Waals surface area contributed by atoms with Crippen molar-refractivity contribution < 1.29 is 9.53 Å². The molecule has 1 aliphatic rings. The van der Waals surface area contributed by atoms with Crippen molar-refractivity contribution in [1.82, 2.24) is 4.90 Å². The van der Waals surface area contributed by atoms with Crippen LogP contribution >= 0.6 is 0 Å². The van der Waals surface area contributed by atoms with Crippen LogP contribution in [0.4, 0.5) is 5.69 Å². The Labute approximate surface area is 126 Å². The molecular weight excluding hydrogens is 266 g/mol. The molecule has 1 aliphatic heterocycles. The van der Waals surface area contributed by atoms with Gasteiger partial charge >= 0.3 is 5.97 Å². The Morgan fingerprint density at radius 3 is 2.62 bits per heavy atom. The molecule has 0 aromatic heterocycles. The van der Waals surface area contributed by atoms with E-state index in [0.29, 0.717) is 18.9 Å². The predicted molar refractivity (Wildman–Crippen MR) is 84.4 cm³/mol. The highest BCUT2D eigenvalue weighted by Gasteiger charge is 2.19. The zero-order valence-electron chi connectivity index (χ0n) is 12.5. The van der Waals surface area contributed by atoms with Crippen LogP contribution in [0.5, 0.6) is 0 Å². The number of carbonyl (C=O) groups is 1. The van der Waals surface area contributed by atoms with Crippen molar-refractivity contribution in [3.05, 3.63) is 30.3 Å². The first-order valence-corrected chi connectivity index (χ1v) is 7.56. The normalized spacial score (nSPS) is 16.5.